The number of H-pyrrole nitrogens is 1. The van der Waals surface area contributed by atoms with Crippen LogP contribution in [0, 0.1) is 0 Å². The van der Waals surface area contributed by atoms with Crippen LogP contribution in [0.25, 0.3) is 0 Å². The summed E-state index contributed by atoms with van der Waals surface area (Å²) in [6.45, 7) is 1.04. The molecule has 1 aliphatic carbocycles. The van der Waals surface area contributed by atoms with Crippen molar-refractivity contribution in [3.8, 4) is 11.5 Å². The molecule has 1 aromatic carbocycles. The molecule has 0 fully saturated rings. The zero-order valence-electron chi connectivity index (χ0n) is 12.5. The van der Waals surface area contributed by atoms with E-state index in [0.29, 0.717) is 19.1 Å². The van der Waals surface area contributed by atoms with Gasteiger partial charge in [-0.1, -0.05) is 0 Å². The first kappa shape index (κ1) is 14.4. The van der Waals surface area contributed by atoms with Crippen molar-refractivity contribution in [2.45, 2.75) is 19.3 Å². The lowest BCUT2D eigenvalue weighted by Gasteiger charge is -2.09. The Morgan fingerprint density at radius 1 is 1.23 bits per heavy atom. The van der Waals surface area contributed by atoms with E-state index in [4.69, 9.17) is 9.47 Å². The predicted molar refractivity (Wildman–Crippen MR) is 83.9 cm³/mol. The number of rotatable bonds is 6. The van der Waals surface area contributed by atoms with Crippen LogP contribution in [0.15, 0.2) is 29.1 Å². The highest BCUT2D eigenvalue weighted by atomic mass is 16.5. The number of nitrogens with zero attached hydrogens (tertiary/aromatic N) is 1. The summed E-state index contributed by atoms with van der Waals surface area (Å²) in [7, 11) is 1.63. The minimum atomic E-state index is -0.0268. The SMILES string of the molecule is COc1ccc(OCCNc2nc3c(c(=O)[nH]2)CCC3)cc1. The van der Waals surface area contributed by atoms with Gasteiger partial charge in [0.15, 0.2) is 0 Å². The molecule has 0 spiro atoms. The van der Waals surface area contributed by atoms with Crippen molar-refractivity contribution in [1.82, 2.24) is 9.97 Å². The highest BCUT2D eigenvalue weighted by Crippen LogP contribution is 2.17. The highest BCUT2D eigenvalue weighted by Gasteiger charge is 2.16. The van der Waals surface area contributed by atoms with Gasteiger partial charge in [0.05, 0.1) is 19.3 Å². The number of fused-ring (bicyclic) bond motifs is 1. The summed E-state index contributed by atoms with van der Waals surface area (Å²) in [4.78, 5) is 19.1. The molecule has 22 heavy (non-hydrogen) atoms. The number of aryl methyl sites for hydroxylation is 1. The molecule has 2 N–H and O–H groups in total. The van der Waals surface area contributed by atoms with Crippen molar-refractivity contribution < 1.29 is 9.47 Å². The van der Waals surface area contributed by atoms with Crippen LogP contribution in [0.5, 0.6) is 11.5 Å². The van der Waals surface area contributed by atoms with Crippen molar-refractivity contribution in [2.24, 2.45) is 0 Å². The summed E-state index contributed by atoms with van der Waals surface area (Å²) in [5, 5.41) is 3.09. The Morgan fingerprint density at radius 2 is 2.00 bits per heavy atom. The van der Waals surface area contributed by atoms with E-state index in [9.17, 15) is 4.79 Å². The second kappa shape index (κ2) is 6.51. The summed E-state index contributed by atoms with van der Waals surface area (Å²) in [6.07, 6.45) is 2.73. The molecule has 6 nitrogen and oxygen atoms in total. The fourth-order valence-electron chi connectivity index (χ4n) is 2.54. The number of anilines is 1. The van der Waals surface area contributed by atoms with Gasteiger partial charge in [0.25, 0.3) is 5.56 Å². The van der Waals surface area contributed by atoms with Gasteiger partial charge in [-0.2, -0.15) is 0 Å². The molecule has 1 heterocycles. The minimum absolute atomic E-state index is 0.0268. The molecule has 0 radical (unpaired) electrons. The van der Waals surface area contributed by atoms with E-state index >= 15 is 0 Å². The maximum absolute atomic E-state index is 11.9. The third-order valence-electron chi connectivity index (χ3n) is 3.66. The van der Waals surface area contributed by atoms with Gasteiger partial charge in [0, 0.05) is 5.56 Å². The molecule has 3 rings (SSSR count). The fourth-order valence-corrected chi connectivity index (χ4v) is 2.54. The number of benzene rings is 1. The summed E-state index contributed by atoms with van der Waals surface area (Å²) in [5.41, 5.74) is 1.73. The van der Waals surface area contributed by atoms with Gasteiger partial charge < -0.3 is 14.8 Å². The molecule has 0 bridgehead atoms. The fraction of sp³-hybridized carbons (Fsp3) is 0.375. The van der Waals surface area contributed by atoms with Crippen molar-refractivity contribution in [1.29, 1.82) is 0 Å². The summed E-state index contributed by atoms with van der Waals surface area (Å²) >= 11 is 0. The average Bonchev–Trinajstić information content (AvgIpc) is 3.01. The van der Waals surface area contributed by atoms with Crippen LogP contribution in [-0.4, -0.2) is 30.2 Å². The lowest BCUT2D eigenvalue weighted by Crippen LogP contribution is -2.20. The third-order valence-corrected chi connectivity index (χ3v) is 3.66. The average molecular weight is 301 g/mol. The monoisotopic (exact) mass is 301 g/mol. The van der Waals surface area contributed by atoms with E-state index in [1.807, 2.05) is 24.3 Å². The Bertz CT molecular complexity index is 695. The van der Waals surface area contributed by atoms with Gasteiger partial charge in [0.1, 0.15) is 18.1 Å². The second-order valence-electron chi connectivity index (χ2n) is 5.14. The molecule has 0 unspecified atom stereocenters. The van der Waals surface area contributed by atoms with Gasteiger partial charge in [-0.25, -0.2) is 4.98 Å². The number of hydrogen-bond donors (Lipinski definition) is 2. The van der Waals surface area contributed by atoms with Crippen molar-refractivity contribution in [3.05, 3.63) is 45.9 Å². The molecule has 0 saturated carbocycles. The Hall–Kier alpha value is -2.50. The summed E-state index contributed by atoms with van der Waals surface area (Å²) in [6, 6.07) is 7.41. The molecule has 0 saturated heterocycles. The molecular weight excluding hydrogens is 282 g/mol. The number of methoxy groups -OCH3 is 1. The van der Waals surface area contributed by atoms with E-state index < -0.39 is 0 Å². The van der Waals surface area contributed by atoms with Gasteiger partial charge in [-0.05, 0) is 43.5 Å². The van der Waals surface area contributed by atoms with Gasteiger partial charge in [-0.3, -0.25) is 9.78 Å². The van der Waals surface area contributed by atoms with E-state index in [2.05, 4.69) is 15.3 Å². The Morgan fingerprint density at radius 3 is 2.77 bits per heavy atom. The van der Waals surface area contributed by atoms with Crippen LogP contribution < -0.4 is 20.3 Å². The predicted octanol–water partition coefficient (Wildman–Crippen LogP) is 1.76. The number of aromatic nitrogens is 2. The first-order valence-corrected chi connectivity index (χ1v) is 7.39. The van der Waals surface area contributed by atoms with Crippen molar-refractivity contribution >= 4 is 5.95 Å². The standard InChI is InChI=1S/C16H19N3O3/c1-21-11-5-7-12(8-6-11)22-10-9-17-16-18-14-4-2-3-13(14)15(20)19-16/h5-8H,2-4,9-10H2,1H3,(H2,17,18,19,20). The first-order chi connectivity index (χ1) is 10.8. The smallest absolute Gasteiger partial charge is 0.255 e. The maximum Gasteiger partial charge on any atom is 0.255 e. The molecule has 2 aromatic rings. The lowest BCUT2D eigenvalue weighted by atomic mass is 10.3. The summed E-state index contributed by atoms with van der Waals surface area (Å²) in [5.74, 6) is 2.09. The normalized spacial score (nSPS) is 12.8. The number of nitrogens with one attached hydrogen (secondary N) is 2. The molecule has 0 amide bonds. The Kier molecular flexibility index (Phi) is 4.27. The van der Waals surface area contributed by atoms with Crippen LogP contribution in [-0.2, 0) is 12.8 Å². The summed E-state index contributed by atoms with van der Waals surface area (Å²) < 4.78 is 10.7. The second-order valence-corrected chi connectivity index (χ2v) is 5.14. The molecule has 1 aromatic heterocycles. The van der Waals surface area contributed by atoms with Crippen LogP contribution >= 0.6 is 0 Å². The van der Waals surface area contributed by atoms with E-state index in [1.165, 1.54) is 0 Å². The zero-order valence-corrected chi connectivity index (χ0v) is 12.5. The van der Waals surface area contributed by atoms with Crippen LogP contribution in [0.4, 0.5) is 5.95 Å². The van der Waals surface area contributed by atoms with Crippen molar-refractivity contribution in [2.75, 3.05) is 25.6 Å². The van der Waals surface area contributed by atoms with Crippen LogP contribution in [0.3, 0.4) is 0 Å². The lowest BCUT2D eigenvalue weighted by molar-refractivity contribution is 0.331. The molecular formula is C16H19N3O3. The van der Waals surface area contributed by atoms with Crippen LogP contribution in [0.1, 0.15) is 17.7 Å². The number of ether oxygens (including phenoxy) is 2. The number of hydrogen-bond acceptors (Lipinski definition) is 5. The molecule has 1 aliphatic rings. The molecule has 0 aliphatic heterocycles. The highest BCUT2D eigenvalue weighted by molar-refractivity contribution is 5.33. The maximum atomic E-state index is 11.9. The Balaban J connectivity index is 1.51. The quantitative estimate of drug-likeness (QED) is 0.795. The number of aromatic amines is 1. The topological polar surface area (TPSA) is 76.2 Å². The van der Waals surface area contributed by atoms with E-state index in [0.717, 1.165) is 42.0 Å². The molecule has 0 atom stereocenters. The molecule has 6 heteroatoms. The van der Waals surface area contributed by atoms with Gasteiger partial charge in [0.2, 0.25) is 5.95 Å². The van der Waals surface area contributed by atoms with E-state index in [-0.39, 0.29) is 5.56 Å². The molecule has 116 valence electrons. The largest absolute Gasteiger partial charge is 0.497 e. The first-order valence-electron chi connectivity index (χ1n) is 7.39. The van der Waals surface area contributed by atoms with E-state index in [1.54, 1.807) is 7.11 Å². The van der Waals surface area contributed by atoms with Crippen molar-refractivity contribution in [3.63, 3.8) is 0 Å². The van der Waals surface area contributed by atoms with Crippen LogP contribution in [0.2, 0.25) is 0 Å². The van der Waals surface area contributed by atoms with Gasteiger partial charge in [-0.15, -0.1) is 0 Å². The Labute approximate surface area is 128 Å². The van der Waals surface area contributed by atoms with Gasteiger partial charge >= 0.3 is 0 Å². The third kappa shape index (κ3) is 3.21. The minimum Gasteiger partial charge on any atom is -0.497 e. The zero-order chi connectivity index (χ0) is 15.4.